The zero-order chi connectivity index (χ0) is 19.6. The van der Waals surface area contributed by atoms with E-state index in [2.05, 4.69) is 10.3 Å². The summed E-state index contributed by atoms with van der Waals surface area (Å²) in [6.07, 6.45) is 0. The molecule has 6 nitrogen and oxygen atoms in total. The van der Waals surface area contributed by atoms with Crippen LogP contribution in [0.4, 0.5) is 4.39 Å². The summed E-state index contributed by atoms with van der Waals surface area (Å²) in [4.78, 5) is 17.3. The third-order valence-electron chi connectivity index (χ3n) is 3.80. The molecule has 1 aromatic heterocycles. The lowest BCUT2D eigenvalue weighted by molar-refractivity contribution is 0.0976. The highest BCUT2D eigenvalue weighted by atomic mass is 32.1. The highest BCUT2D eigenvalue weighted by Crippen LogP contribution is 2.22. The number of carbonyl (C=O) groups excluding carboxylic acids is 1. The maximum atomic E-state index is 13.4. The number of thiazole rings is 1. The minimum absolute atomic E-state index is 0.00409. The van der Waals surface area contributed by atoms with E-state index in [4.69, 9.17) is 21.7 Å². The molecule has 27 heavy (non-hydrogen) atoms. The van der Waals surface area contributed by atoms with Crippen molar-refractivity contribution >= 4 is 44.8 Å². The number of aromatic nitrogens is 1. The predicted molar refractivity (Wildman–Crippen MR) is 106 cm³/mol. The van der Waals surface area contributed by atoms with E-state index < -0.39 is 5.91 Å². The van der Waals surface area contributed by atoms with Gasteiger partial charge in [-0.15, -0.1) is 0 Å². The number of thiocarbonyl (C=S) groups is 1. The summed E-state index contributed by atoms with van der Waals surface area (Å²) in [7, 11) is 4.80. The van der Waals surface area contributed by atoms with Crippen molar-refractivity contribution in [3.05, 3.63) is 52.6 Å². The number of amides is 1. The van der Waals surface area contributed by atoms with E-state index in [1.807, 2.05) is 0 Å². The maximum absolute atomic E-state index is 13.4. The summed E-state index contributed by atoms with van der Waals surface area (Å²) in [5.74, 6) is 0.218. The number of methoxy groups -OCH3 is 2. The molecule has 0 aliphatic rings. The Bertz CT molecular complexity index is 1080. The number of carbonyl (C=O) groups is 1. The Morgan fingerprint density at radius 1 is 1.19 bits per heavy atom. The number of aryl methyl sites for hydroxylation is 1. The molecule has 2 aromatic carbocycles. The quantitative estimate of drug-likeness (QED) is 0.681. The van der Waals surface area contributed by atoms with Crippen molar-refractivity contribution in [2.45, 2.75) is 0 Å². The average Bonchev–Trinajstić information content (AvgIpc) is 2.95. The van der Waals surface area contributed by atoms with E-state index in [1.54, 1.807) is 35.9 Å². The standard InChI is InChI=1S/C18H16FN3O3S2/c1-22-14-5-4-11(19)8-15(14)27-18(22)21-17(26)20-16(23)10-6-12(24-2)9-13(7-10)25-3/h4-9H,1-3H3,(H,20,23,26). The van der Waals surface area contributed by atoms with Crippen LogP contribution in [-0.4, -0.2) is 29.8 Å². The van der Waals surface area contributed by atoms with Crippen LogP contribution in [0.3, 0.4) is 0 Å². The van der Waals surface area contributed by atoms with Crippen molar-refractivity contribution in [2.75, 3.05) is 14.2 Å². The predicted octanol–water partition coefficient (Wildman–Crippen LogP) is 3.01. The molecule has 3 rings (SSSR count). The van der Waals surface area contributed by atoms with Gasteiger partial charge < -0.3 is 14.0 Å². The Morgan fingerprint density at radius 2 is 1.85 bits per heavy atom. The second-order valence-electron chi connectivity index (χ2n) is 5.53. The van der Waals surface area contributed by atoms with Gasteiger partial charge in [0.05, 0.1) is 24.4 Å². The SMILES string of the molecule is COc1cc(OC)cc(C(=O)NC(=S)N=c2sc3cc(F)ccc3n2C)c1. The van der Waals surface area contributed by atoms with Crippen LogP contribution in [0.15, 0.2) is 41.4 Å². The van der Waals surface area contributed by atoms with Gasteiger partial charge in [0.1, 0.15) is 17.3 Å². The summed E-state index contributed by atoms with van der Waals surface area (Å²) in [6.45, 7) is 0. The largest absolute Gasteiger partial charge is 0.497 e. The van der Waals surface area contributed by atoms with E-state index in [0.717, 1.165) is 10.2 Å². The third-order valence-corrected chi connectivity index (χ3v) is 5.09. The van der Waals surface area contributed by atoms with Crippen LogP contribution in [0, 0.1) is 5.82 Å². The molecule has 1 N–H and O–H groups in total. The van der Waals surface area contributed by atoms with Gasteiger partial charge in [-0.25, -0.2) is 4.39 Å². The number of nitrogens with one attached hydrogen (secondary N) is 1. The van der Waals surface area contributed by atoms with Crippen LogP contribution in [0.5, 0.6) is 11.5 Å². The van der Waals surface area contributed by atoms with E-state index in [0.29, 0.717) is 21.9 Å². The summed E-state index contributed by atoms with van der Waals surface area (Å²) in [5, 5.41) is 2.57. The zero-order valence-electron chi connectivity index (χ0n) is 14.8. The zero-order valence-corrected chi connectivity index (χ0v) is 16.4. The van der Waals surface area contributed by atoms with Gasteiger partial charge >= 0.3 is 0 Å². The van der Waals surface area contributed by atoms with Crippen LogP contribution < -0.4 is 19.6 Å². The van der Waals surface area contributed by atoms with Crippen molar-refractivity contribution in [1.82, 2.24) is 9.88 Å². The van der Waals surface area contributed by atoms with Gasteiger partial charge in [-0.2, -0.15) is 4.99 Å². The normalized spacial score (nSPS) is 11.5. The highest BCUT2D eigenvalue weighted by molar-refractivity contribution is 7.80. The molecule has 0 saturated carbocycles. The Kier molecular flexibility index (Phi) is 5.52. The molecule has 0 radical (unpaired) electrons. The number of hydrogen-bond donors (Lipinski definition) is 1. The first-order chi connectivity index (χ1) is 12.9. The molecular formula is C18H16FN3O3S2. The van der Waals surface area contributed by atoms with Gasteiger partial charge in [-0.3, -0.25) is 10.1 Å². The Morgan fingerprint density at radius 3 is 2.48 bits per heavy atom. The van der Waals surface area contributed by atoms with E-state index >= 15 is 0 Å². The fourth-order valence-electron chi connectivity index (χ4n) is 2.44. The van der Waals surface area contributed by atoms with Crippen molar-refractivity contribution in [3.8, 4) is 11.5 Å². The molecular weight excluding hydrogens is 389 g/mol. The Balaban J connectivity index is 1.86. The van der Waals surface area contributed by atoms with Crippen LogP contribution in [0.1, 0.15) is 10.4 Å². The number of rotatable bonds is 3. The molecule has 9 heteroatoms. The monoisotopic (exact) mass is 405 g/mol. The van der Waals surface area contributed by atoms with Gasteiger partial charge in [-0.05, 0) is 42.5 Å². The first-order valence-electron chi connectivity index (χ1n) is 7.79. The van der Waals surface area contributed by atoms with E-state index in [-0.39, 0.29) is 10.9 Å². The average molecular weight is 405 g/mol. The van der Waals surface area contributed by atoms with Crippen LogP contribution >= 0.6 is 23.6 Å². The molecule has 1 heterocycles. The first kappa shape index (κ1) is 19.0. The Labute approximate surface area is 163 Å². The van der Waals surface area contributed by atoms with Gasteiger partial charge in [-0.1, -0.05) is 11.3 Å². The third kappa shape index (κ3) is 4.15. The molecule has 0 aliphatic heterocycles. The molecule has 0 fully saturated rings. The number of halogens is 1. The molecule has 1 amide bonds. The molecule has 140 valence electrons. The Hall–Kier alpha value is -2.78. The molecule has 0 bridgehead atoms. The van der Waals surface area contributed by atoms with Gasteiger partial charge in [0, 0.05) is 18.7 Å². The molecule has 0 aliphatic carbocycles. The first-order valence-corrected chi connectivity index (χ1v) is 9.02. The molecule has 0 saturated heterocycles. The minimum Gasteiger partial charge on any atom is -0.497 e. The van der Waals surface area contributed by atoms with Crippen LogP contribution in [0.25, 0.3) is 10.2 Å². The van der Waals surface area contributed by atoms with E-state index in [1.165, 1.54) is 37.7 Å². The van der Waals surface area contributed by atoms with Crippen LogP contribution in [-0.2, 0) is 7.05 Å². The number of ether oxygens (including phenoxy) is 2. The van der Waals surface area contributed by atoms with Crippen LogP contribution in [0.2, 0.25) is 0 Å². The van der Waals surface area contributed by atoms with Gasteiger partial charge in [0.2, 0.25) is 5.11 Å². The second kappa shape index (κ2) is 7.85. The molecule has 0 atom stereocenters. The molecule has 3 aromatic rings. The van der Waals surface area contributed by atoms with Crippen molar-refractivity contribution in [1.29, 1.82) is 0 Å². The minimum atomic E-state index is -0.434. The fourth-order valence-corrected chi connectivity index (χ4v) is 3.72. The molecule has 0 spiro atoms. The summed E-state index contributed by atoms with van der Waals surface area (Å²) < 4.78 is 26.2. The van der Waals surface area contributed by atoms with Crippen molar-refractivity contribution in [3.63, 3.8) is 0 Å². The van der Waals surface area contributed by atoms with E-state index in [9.17, 15) is 9.18 Å². The van der Waals surface area contributed by atoms with Crippen molar-refractivity contribution in [2.24, 2.45) is 12.0 Å². The summed E-state index contributed by atoms with van der Waals surface area (Å²) in [6, 6.07) is 9.30. The number of hydrogen-bond acceptors (Lipinski definition) is 5. The number of nitrogens with zero attached hydrogens (tertiary/aromatic N) is 2. The maximum Gasteiger partial charge on any atom is 0.257 e. The highest BCUT2D eigenvalue weighted by Gasteiger charge is 2.12. The second-order valence-corrected chi connectivity index (χ2v) is 6.92. The topological polar surface area (TPSA) is 64.8 Å². The lowest BCUT2D eigenvalue weighted by atomic mass is 10.2. The lowest BCUT2D eigenvalue weighted by Gasteiger charge is -2.08. The lowest BCUT2D eigenvalue weighted by Crippen LogP contribution is -2.29. The summed E-state index contributed by atoms with van der Waals surface area (Å²) >= 11 is 6.46. The number of benzene rings is 2. The number of fused-ring (bicyclic) bond motifs is 1. The summed E-state index contributed by atoms with van der Waals surface area (Å²) in [5.41, 5.74) is 1.15. The fraction of sp³-hybridized carbons (Fsp3) is 0.167. The van der Waals surface area contributed by atoms with Gasteiger partial charge in [0.25, 0.3) is 5.91 Å². The van der Waals surface area contributed by atoms with Crippen molar-refractivity contribution < 1.29 is 18.7 Å². The molecule has 0 unspecified atom stereocenters. The smallest absolute Gasteiger partial charge is 0.257 e. The van der Waals surface area contributed by atoms with Gasteiger partial charge in [0.15, 0.2) is 4.80 Å².